The molecule has 124 valence electrons. The molecule has 0 N–H and O–H groups in total. The third-order valence-electron chi connectivity index (χ3n) is 2.81. The van der Waals surface area contributed by atoms with Gasteiger partial charge in [0, 0.05) is 12.7 Å². The van der Waals surface area contributed by atoms with Crippen LogP contribution < -0.4 is 8.92 Å². The average molecular weight is 340 g/mol. The second-order valence-corrected chi connectivity index (χ2v) is 6.06. The van der Waals surface area contributed by atoms with Crippen molar-refractivity contribution in [2.75, 3.05) is 19.8 Å². The summed E-state index contributed by atoms with van der Waals surface area (Å²) in [6.07, 6.45) is 0. The van der Waals surface area contributed by atoms with Crippen molar-refractivity contribution in [2.24, 2.45) is 0 Å². The maximum absolute atomic E-state index is 13.1. The lowest BCUT2D eigenvalue weighted by Gasteiger charge is -2.09. The minimum Gasteiger partial charge on any atom is -0.491 e. The van der Waals surface area contributed by atoms with Crippen LogP contribution in [0.1, 0.15) is 6.92 Å². The Bertz CT molecular complexity index is 728. The number of benzene rings is 2. The number of halogens is 1. The van der Waals surface area contributed by atoms with Crippen LogP contribution in [0.5, 0.6) is 11.5 Å². The summed E-state index contributed by atoms with van der Waals surface area (Å²) in [5.41, 5.74) is 0. The fourth-order valence-corrected chi connectivity index (χ4v) is 2.68. The van der Waals surface area contributed by atoms with Crippen LogP contribution in [0.2, 0.25) is 0 Å². The van der Waals surface area contributed by atoms with Gasteiger partial charge in [-0.15, -0.1) is 0 Å². The first kappa shape index (κ1) is 17.2. The molecule has 2 aromatic rings. The van der Waals surface area contributed by atoms with Gasteiger partial charge in [0.15, 0.2) is 0 Å². The quantitative estimate of drug-likeness (QED) is 0.546. The molecule has 2 rings (SSSR count). The lowest BCUT2D eigenvalue weighted by Crippen LogP contribution is -2.10. The summed E-state index contributed by atoms with van der Waals surface area (Å²) in [7, 11) is -4.02. The van der Waals surface area contributed by atoms with Crippen LogP contribution in [0, 0.1) is 5.82 Å². The molecule has 7 heteroatoms. The van der Waals surface area contributed by atoms with Crippen LogP contribution >= 0.6 is 0 Å². The molecule has 0 fully saturated rings. The molecule has 23 heavy (non-hydrogen) atoms. The standard InChI is InChI=1S/C16H17FO5S/c1-2-20-10-11-21-14-6-8-16(9-7-14)23(18,19)22-15-5-3-4-13(17)12-15/h3-9,12H,2,10-11H2,1H3. The van der Waals surface area contributed by atoms with Gasteiger partial charge in [0.05, 0.1) is 6.61 Å². The summed E-state index contributed by atoms with van der Waals surface area (Å²) < 4.78 is 52.7. The van der Waals surface area contributed by atoms with Crippen LogP contribution in [0.3, 0.4) is 0 Å². The van der Waals surface area contributed by atoms with Crippen LogP contribution in [-0.4, -0.2) is 28.2 Å². The predicted molar refractivity (Wildman–Crippen MR) is 82.6 cm³/mol. The van der Waals surface area contributed by atoms with Gasteiger partial charge >= 0.3 is 10.1 Å². The van der Waals surface area contributed by atoms with Crippen molar-refractivity contribution >= 4 is 10.1 Å². The van der Waals surface area contributed by atoms with E-state index in [1.807, 2.05) is 6.92 Å². The second-order valence-electron chi connectivity index (χ2n) is 4.51. The summed E-state index contributed by atoms with van der Waals surface area (Å²) in [6, 6.07) is 10.7. The van der Waals surface area contributed by atoms with Gasteiger partial charge in [0.25, 0.3) is 0 Å². The van der Waals surface area contributed by atoms with E-state index in [1.165, 1.54) is 42.5 Å². The van der Waals surface area contributed by atoms with Crippen molar-refractivity contribution in [1.82, 2.24) is 0 Å². The van der Waals surface area contributed by atoms with Gasteiger partial charge in [-0.3, -0.25) is 0 Å². The van der Waals surface area contributed by atoms with Crippen LogP contribution in [0.4, 0.5) is 4.39 Å². The molecule has 0 heterocycles. The number of hydrogen-bond acceptors (Lipinski definition) is 5. The van der Waals surface area contributed by atoms with E-state index in [4.69, 9.17) is 13.7 Å². The predicted octanol–water partition coefficient (Wildman–Crippen LogP) is 3.01. The monoisotopic (exact) mass is 340 g/mol. The molecule has 0 aliphatic rings. The normalized spacial score (nSPS) is 11.2. The van der Waals surface area contributed by atoms with Crippen LogP contribution in [0.25, 0.3) is 0 Å². The van der Waals surface area contributed by atoms with E-state index in [9.17, 15) is 12.8 Å². The van der Waals surface area contributed by atoms with E-state index in [2.05, 4.69) is 0 Å². The first-order valence-corrected chi connectivity index (χ1v) is 8.43. The Hall–Kier alpha value is -2.12. The Kier molecular flexibility index (Phi) is 5.95. The summed E-state index contributed by atoms with van der Waals surface area (Å²) >= 11 is 0. The molecule has 0 aliphatic carbocycles. The van der Waals surface area contributed by atoms with Gasteiger partial charge in [-0.05, 0) is 43.3 Å². The molecule has 0 aromatic heterocycles. The van der Waals surface area contributed by atoms with Crippen molar-refractivity contribution in [3.8, 4) is 11.5 Å². The number of rotatable bonds is 8. The summed E-state index contributed by atoms with van der Waals surface area (Å²) in [5.74, 6) is -0.132. The smallest absolute Gasteiger partial charge is 0.339 e. The van der Waals surface area contributed by atoms with E-state index in [0.29, 0.717) is 25.6 Å². The highest BCUT2D eigenvalue weighted by atomic mass is 32.2. The fraction of sp³-hybridized carbons (Fsp3) is 0.250. The van der Waals surface area contributed by atoms with Crippen molar-refractivity contribution in [1.29, 1.82) is 0 Å². The molecule has 0 unspecified atom stereocenters. The summed E-state index contributed by atoms with van der Waals surface area (Å²) in [4.78, 5) is -0.0427. The Morgan fingerprint density at radius 1 is 1.00 bits per heavy atom. The topological polar surface area (TPSA) is 61.8 Å². The zero-order valence-corrected chi connectivity index (χ0v) is 13.4. The molecule has 0 saturated heterocycles. The molecule has 0 bridgehead atoms. The maximum atomic E-state index is 13.1. The van der Waals surface area contributed by atoms with Gasteiger partial charge in [-0.2, -0.15) is 8.42 Å². The third kappa shape index (κ3) is 5.22. The molecular weight excluding hydrogens is 323 g/mol. The van der Waals surface area contributed by atoms with Crippen LogP contribution in [0.15, 0.2) is 53.4 Å². The fourth-order valence-electron chi connectivity index (χ4n) is 1.76. The molecule has 0 spiro atoms. The number of ether oxygens (including phenoxy) is 2. The zero-order valence-electron chi connectivity index (χ0n) is 12.6. The number of hydrogen-bond donors (Lipinski definition) is 0. The highest BCUT2D eigenvalue weighted by Crippen LogP contribution is 2.21. The highest BCUT2D eigenvalue weighted by Gasteiger charge is 2.17. The first-order chi connectivity index (χ1) is 11.0. The summed E-state index contributed by atoms with van der Waals surface area (Å²) in [5, 5.41) is 0. The van der Waals surface area contributed by atoms with Crippen molar-refractivity contribution in [2.45, 2.75) is 11.8 Å². The van der Waals surface area contributed by atoms with Gasteiger partial charge in [0.1, 0.15) is 28.8 Å². The SMILES string of the molecule is CCOCCOc1ccc(S(=O)(=O)Oc2cccc(F)c2)cc1. The van der Waals surface area contributed by atoms with Gasteiger partial charge in [-0.25, -0.2) is 4.39 Å². The largest absolute Gasteiger partial charge is 0.491 e. The Labute approximate surface area is 134 Å². The maximum Gasteiger partial charge on any atom is 0.339 e. The molecule has 0 amide bonds. The Balaban J connectivity index is 2.02. The van der Waals surface area contributed by atoms with Gasteiger partial charge < -0.3 is 13.7 Å². The minimum atomic E-state index is -4.02. The van der Waals surface area contributed by atoms with E-state index < -0.39 is 15.9 Å². The van der Waals surface area contributed by atoms with E-state index in [0.717, 1.165) is 6.07 Å². The third-order valence-corrected chi connectivity index (χ3v) is 4.08. The average Bonchev–Trinajstić information content (AvgIpc) is 2.52. The van der Waals surface area contributed by atoms with E-state index in [-0.39, 0.29) is 10.6 Å². The minimum absolute atomic E-state index is 0.0427. The molecule has 5 nitrogen and oxygen atoms in total. The molecular formula is C16H17FO5S. The van der Waals surface area contributed by atoms with Crippen molar-refractivity contribution in [3.05, 3.63) is 54.3 Å². The molecule has 0 atom stereocenters. The Morgan fingerprint density at radius 3 is 2.39 bits per heavy atom. The molecule has 2 aromatic carbocycles. The molecule has 0 radical (unpaired) electrons. The lowest BCUT2D eigenvalue weighted by atomic mass is 10.3. The first-order valence-electron chi connectivity index (χ1n) is 7.02. The van der Waals surface area contributed by atoms with Gasteiger partial charge in [0.2, 0.25) is 0 Å². The van der Waals surface area contributed by atoms with Gasteiger partial charge in [-0.1, -0.05) is 6.07 Å². The molecule has 0 aliphatic heterocycles. The second kappa shape index (κ2) is 7.94. The summed E-state index contributed by atoms with van der Waals surface area (Å²) in [6.45, 7) is 3.33. The van der Waals surface area contributed by atoms with E-state index >= 15 is 0 Å². The molecule has 0 saturated carbocycles. The Morgan fingerprint density at radius 2 is 1.74 bits per heavy atom. The van der Waals surface area contributed by atoms with E-state index in [1.54, 1.807) is 0 Å². The highest BCUT2D eigenvalue weighted by molar-refractivity contribution is 7.87. The van der Waals surface area contributed by atoms with Crippen molar-refractivity contribution in [3.63, 3.8) is 0 Å². The van der Waals surface area contributed by atoms with Crippen LogP contribution in [-0.2, 0) is 14.9 Å². The lowest BCUT2D eigenvalue weighted by molar-refractivity contribution is 0.110. The van der Waals surface area contributed by atoms with Crippen molar-refractivity contribution < 1.29 is 26.5 Å². The zero-order chi connectivity index (χ0) is 16.7.